The summed E-state index contributed by atoms with van der Waals surface area (Å²) in [5.74, 6) is 0.609. The second kappa shape index (κ2) is 9.04. The predicted molar refractivity (Wildman–Crippen MR) is 101 cm³/mol. The third kappa shape index (κ3) is 4.85. The predicted octanol–water partition coefficient (Wildman–Crippen LogP) is 2.94. The van der Waals surface area contributed by atoms with Crippen LogP contribution >= 0.6 is 0 Å². The highest BCUT2D eigenvalue weighted by atomic mass is 16.5. The summed E-state index contributed by atoms with van der Waals surface area (Å²) in [5.41, 5.74) is 2.16. The number of aryl methyl sites for hydroxylation is 1. The molecule has 1 aliphatic rings. The summed E-state index contributed by atoms with van der Waals surface area (Å²) in [6.45, 7) is 1.22. The van der Waals surface area contributed by atoms with Crippen LogP contribution in [-0.2, 0) is 16.0 Å². The lowest BCUT2D eigenvalue weighted by molar-refractivity contribution is -0.125. The van der Waals surface area contributed by atoms with Crippen molar-refractivity contribution in [3.05, 3.63) is 60.2 Å². The Hall–Kier alpha value is -2.82. The molecule has 0 aromatic heterocycles. The zero-order valence-electron chi connectivity index (χ0n) is 14.8. The van der Waals surface area contributed by atoms with Gasteiger partial charge in [-0.3, -0.25) is 9.59 Å². The minimum atomic E-state index is -0.125. The van der Waals surface area contributed by atoms with E-state index < -0.39 is 0 Å². The lowest BCUT2D eigenvalue weighted by Gasteiger charge is -2.29. The number of nitrogens with one attached hydrogen (secondary N) is 1. The first kappa shape index (κ1) is 18.0. The van der Waals surface area contributed by atoms with Gasteiger partial charge in [-0.15, -0.1) is 0 Å². The monoisotopic (exact) mass is 352 g/mol. The molecule has 0 atom stereocenters. The Morgan fingerprint density at radius 3 is 2.65 bits per heavy atom. The molecule has 0 saturated heterocycles. The van der Waals surface area contributed by atoms with E-state index in [0.29, 0.717) is 26.0 Å². The van der Waals surface area contributed by atoms with E-state index in [1.54, 1.807) is 4.90 Å². The Morgan fingerprint density at radius 1 is 1.04 bits per heavy atom. The number of nitrogens with zero attached hydrogens (tertiary/aromatic N) is 1. The molecule has 2 aromatic carbocycles. The van der Waals surface area contributed by atoms with E-state index in [1.165, 1.54) is 5.56 Å². The lowest BCUT2D eigenvalue weighted by atomic mass is 10.0. The topological polar surface area (TPSA) is 58.6 Å². The van der Waals surface area contributed by atoms with Gasteiger partial charge in [0.05, 0.1) is 13.2 Å². The fourth-order valence-electron chi connectivity index (χ4n) is 3.09. The number of benzene rings is 2. The second-order valence-corrected chi connectivity index (χ2v) is 6.32. The molecule has 0 spiro atoms. The molecule has 0 fully saturated rings. The van der Waals surface area contributed by atoms with Crippen LogP contribution in [0.3, 0.4) is 0 Å². The van der Waals surface area contributed by atoms with Gasteiger partial charge in [-0.1, -0.05) is 36.4 Å². The molecule has 1 aliphatic heterocycles. The van der Waals surface area contributed by atoms with Gasteiger partial charge in [0.2, 0.25) is 11.8 Å². The highest BCUT2D eigenvalue weighted by molar-refractivity contribution is 5.97. The molecule has 26 heavy (non-hydrogen) atoms. The number of amides is 2. The zero-order chi connectivity index (χ0) is 18.2. The molecular formula is C21H24N2O3. The minimum absolute atomic E-state index is 0.0344. The van der Waals surface area contributed by atoms with E-state index in [4.69, 9.17) is 4.74 Å². The summed E-state index contributed by atoms with van der Waals surface area (Å²) in [6, 6.07) is 17.5. The maximum atomic E-state index is 12.5. The smallest absolute Gasteiger partial charge is 0.246 e. The highest BCUT2D eigenvalue weighted by Gasteiger charge is 2.22. The number of hydrogen-bond donors (Lipinski definition) is 1. The molecule has 136 valence electrons. The summed E-state index contributed by atoms with van der Waals surface area (Å²) >= 11 is 0. The summed E-state index contributed by atoms with van der Waals surface area (Å²) < 4.78 is 5.56. The quantitative estimate of drug-likeness (QED) is 0.780. The van der Waals surface area contributed by atoms with Gasteiger partial charge in [-0.05, 0) is 43.0 Å². The Morgan fingerprint density at radius 2 is 1.81 bits per heavy atom. The maximum absolute atomic E-state index is 12.5. The SMILES string of the molecule is O=C(CCCOc1ccccc1)NCC(=O)N1CCCc2ccccc21. The summed E-state index contributed by atoms with van der Waals surface area (Å²) in [5, 5.41) is 2.72. The summed E-state index contributed by atoms with van der Waals surface area (Å²) in [7, 11) is 0. The molecule has 0 bridgehead atoms. The molecule has 0 radical (unpaired) electrons. The molecule has 1 heterocycles. The Bertz CT molecular complexity index is 746. The lowest BCUT2D eigenvalue weighted by Crippen LogP contribution is -2.42. The van der Waals surface area contributed by atoms with Crippen LogP contribution in [0, 0.1) is 0 Å². The van der Waals surface area contributed by atoms with Crippen molar-refractivity contribution in [1.29, 1.82) is 0 Å². The number of rotatable bonds is 7. The van der Waals surface area contributed by atoms with Crippen molar-refractivity contribution in [2.75, 3.05) is 24.6 Å². The van der Waals surface area contributed by atoms with Crippen molar-refractivity contribution in [2.24, 2.45) is 0 Å². The molecule has 1 N–H and O–H groups in total. The number of fused-ring (bicyclic) bond motifs is 1. The van der Waals surface area contributed by atoms with Crippen LogP contribution in [0.5, 0.6) is 5.75 Å². The van der Waals surface area contributed by atoms with E-state index >= 15 is 0 Å². The fraction of sp³-hybridized carbons (Fsp3) is 0.333. The first-order chi connectivity index (χ1) is 12.7. The van der Waals surface area contributed by atoms with Gasteiger partial charge in [-0.2, -0.15) is 0 Å². The second-order valence-electron chi connectivity index (χ2n) is 6.32. The van der Waals surface area contributed by atoms with Crippen molar-refractivity contribution in [2.45, 2.75) is 25.7 Å². The van der Waals surface area contributed by atoms with Gasteiger partial charge in [0.25, 0.3) is 0 Å². The van der Waals surface area contributed by atoms with E-state index in [0.717, 1.165) is 24.3 Å². The van der Waals surface area contributed by atoms with Gasteiger partial charge >= 0.3 is 0 Å². The van der Waals surface area contributed by atoms with Gasteiger partial charge < -0.3 is 15.0 Å². The number of anilines is 1. The number of para-hydroxylation sites is 2. The van der Waals surface area contributed by atoms with E-state index in [2.05, 4.69) is 11.4 Å². The minimum Gasteiger partial charge on any atom is -0.494 e. The Kier molecular flexibility index (Phi) is 6.25. The number of carbonyl (C=O) groups is 2. The maximum Gasteiger partial charge on any atom is 0.246 e. The molecular weight excluding hydrogens is 328 g/mol. The van der Waals surface area contributed by atoms with Crippen molar-refractivity contribution >= 4 is 17.5 Å². The highest BCUT2D eigenvalue weighted by Crippen LogP contribution is 2.26. The molecule has 3 rings (SSSR count). The number of hydrogen-bond acceptors (Lipinski definition) is 3. The van der Waals surface area contributed by atoms with Crippen LogP contribution in [0.4, 0.5) is 5.69 Å². The average molecular weight is 352 g/mol. The molecule has 2 amide bonds. The molecule has 0 saturated carbocycles. The third-order valence-electron chi connectivity index (χ3n) is 4.41. The summed E-state index contributed by atoms with van der Waals surface area (Å²) in [6.07, 6.45) is 2.90. The van der Waals surface area contributed by atoms with Gasteiger partial charge in [0.1, 0.15) is 5.75 Å². The molecule has 5 heteroatoms. The van der Waals surface area contributed by atoms with Crippen molar-refractivity contribution in [1.82, 2.24) is 5.32 Å². The van der Waals surface area contributed by atoms with Gasteiger partial charge in [0.15, 0.2) is 0 Å². The Balaban J connectivity index is 1.39. The normalized spacial score (nSPS) is 13.0. The molecule has 0 unspecified atom stereocenters. The first-order valence-electron chi connectivity index (χ1n) is 9.07. The van der Waals surface area contributed by atoms with Gasteiger partial charge in [-0.25, -0.2) is 0 Å². The van der Waals surface area contributed by atoms with Crippen LogP contribution in [0.1, 0.15) is 24.8 Å². The van der Waals surface area contributed by atoms with E-state index in [1.807, 2.05) is 48.5 Å². The average Bonchev–Trinajstić information content (AvgIpc) is 2.70. The number of carbonyl (C=O) groups excluding carboxylic acids is 2. The fourth-order valence-corrected chi connectivity index (χ4v) is 3.09. The van der Waals surface area contributed by atoms with Crippen LogP contribution in [0.25, 0.3) is 0 Å². The van der Waals surface area contributed by atoms with Crippen LogP contribution in [-0.4, -0.2) is 31.5 Å². The molecule has 0 aliphatic carbocycles. The first-order valence-corrected chi connectivity index (χ1v) is 9.07. The van der Waals surface area contributed by atoms with Crippen LogP contribution < -0.4 is 15.0 Å². The van der Waals surface area contributed by atoms with E-state index in [9.17, 15) is 9.59 Å². The molecule has 5 nitrogen and oxygen atoms in total. The standard InChI is InChI=1S/C21H24N2O3/c24-20(13-7-15-26-18-10-2-1-3-11-18)22-16-21(25)23-14-6-9-17-8-4-5-12-19(17)23/h1-5,8,10-12H,6-7,9,13-16H2,(H,22,24). The van der Waals surface area contributed by atoms with Crippen molar-refractivity contribution in [3.8, 4) is 5.75 Å². The summed E-state index contributed by atoms with van der Waals surface area (Å²) in [4.78, 5) is 26.2. The largest absolute Gasteiger partial charge is 0.494 e. The third-order valence-corrected chi connectivity index (χ3v) is 4.41. The number of ether oxygens (including phenoxy) is 1. The van der Waals surface area contributed by atoms with Crippen molar-refractivity contribution < 1.29 is 14.3 Å². The van der Waals surface area contributed by atoms with E-state index in [-0.39, 0.29) is 18.4 Å². The van der Waals surface area contributed by atoms with Crippen molar-refractivity contribution in [3.63, 3.8) is 0 Å². The van der Waals surface area contributed by atoms with Gasteiger partial charge in [0, 0.05) is 18.7 Å². The Labute approximate surface area is 154 Å². The van der Waals surface area contributed by atoms with Crippen LogP contribution in [0.2, 0.25) is 0 Å². The zero-order valence-corrected chi connectivity index (χ0v) is 14.8. The molecule has 2 aromatic rings. The van der Waals surface area contributed by atoms with Crippen LogP contribution in [0.15, 0.2) is 54.6 Å².